The number of nitrogens with one attached hydrogen (secondary N) is 1. The maximum atomic E-state index is 13.6. The van der Waals surface area contributed by atoms with Gasteiger partial charge >= 0.3 is 0 Å². The zero-order valence-corrected chi connectivity index (χ0v) is 14.1. The molecular formula is C16H19FN4O2S. The molecule has 1 aliphatic rings. The molecule has 24 heavy (non-hydrogen) atoms. The molecule has 3 rings (SSSR count). The van der Waals surface area contributed by atoms with E-state index >= 15 is 0 Å². The van der Waals surface area contributed by atoms with Crippen molar-refractivity contribution >= 4 is 21.6 Å². The molecule has 1 saturated heterocycles. The summed E-state index contributed by atoms with van der Waals surface area (Å²) in [7, 11) is -1.17. The first-order valence-corrected chi connectivity index (χ1v) is 9.50. The van der Waals surface area contributed by atoms with Gasteiger partial charge in [-0.3, -0.25) is 0 Å². The highest BCUT2D eigenvalue weighted by atomic mass is 32.2. The van der Waals surface area contributed by atoms with Crippen molar-refractivity contribution < 1.29 is 12.8 Å². The Kier molecular flexibility index (Phi) is 4.66. The number of anilines is 2. The summed E-state index contributed by atoms with van der Waals surface area (Å²) >= 11 is 0. The second-order valence-electron chi connectivity index (χ2n) is 5.85. The lowest BCUT2D eigenvalue weighted by molar-refractivity contribution is 0.600. The zero-order valence-electron chi connectivity index (χ0n) is 13.3. The van der Waals surface area contributed by atoms with E-state index < -0.39 is 9.84 Å². The quantitative estimate of drug-likeness (QED) is 0.887. The molecule has 2 aromatic rings. The molecule has 1 atom stereocenters. The van der Waals surface area contributed by atoms with Crippen LogP contribution in [0.3, 0.4) is 0 Å². The van der Waals surface area contributed by atoms with Gasteiger partial charge in [0, 0.05) is 31.4 Å². The minimum Gasteiger partial charge on any atom is -0.366 e. The van der Waals surface area contributed by atoms with Gasteiger partial charge in [0.1, 0.15) is 11.6 Å². The van der Waals surface area contributed by atoms with Gasteiger partial charge in [-0.15, -0.1) is 0 Å². The molecule has 0 radical (unpaired) electrons. The van der Waals surface area contributed by atoms with E-state index in [1.807, 2.05) is 0 Å². The van der Waals surface area contributed by atoms with Crippen molar-refractivity contribution in [3.8, 4) is 0 Å². The molecule has 0 bridgehead atoms. The maximum absolute atomic E-state index is 13.6. The van der Waals surface area contributed by atoms with Crippen LogP contribution in [-0.4, -0.2) is 43.0 Å². The first kappa shape index (κ1) is 16.6. The Hall–Kier alpha value is -2.22. The SMILES string of the molecule is CN(c1nccc(NCc2ccccc2F)n1)C1CCS(=O)(=O)C1. The molecule has 6 nitrogen and oxygen atoms in total. The first-order valence-electron chi connectivity index (χ1n) is 7.68. The third kappa shape index (κ3) is 3.81. The molecule has 0 saturated carbocycles. The number of benzene rings is 1. The highest BCUT2D eigenvalue weighted by Crippen LogP contribution is 2.21. The van der Waals surface area contributed by atoms with Crippen LogP contribution >= 0.6 is 0 Å². The summed E-state index contributed by atoms with van der Waals surface area (Å²) < 4.78 is 36.9. The largest absolute Gasteiger partial charge is 0.366 e. The number of hydrogen-bond donors (Lipinski definition) is 1. The van der Waals surface area contributed by atoms with Gasteiger partial charge in [0.05, 0.1) is 11.5 Å². The van der Waals surface area contributed by atoms with Crippen LogP contribution < -0.4 is 10.2 Å². The predicted octanol–water partition coefficient (Wildman–Crippen LogP) is 1.85. The molecule has 0 spiro atoms. The number of aromatic nitrogens is 2. The molecule has 1 N–H and O–H groups in total. The van der Waals surface area contributed by atoms with E-state index in [0.717, 1.165) is 0 Å². The predicted molar refractivity (Wildman–Crippen MR) is 91.2 cm³/mol. The average molecular weight is 350 g/mol. The lowest BCUT2D eigenvalue weighted by atomic mass is 10.2. The Bertz CT molecular complexity index is 828. The minimum absolute atomic E-state index is 0.114. The Balaban J connectivity index is 1.69. The van der Waals surface area contributed by atoms with E-state index in [1.54, 1.807) is 42.4 Å². The summed E-state index contributed by atoms with van der Waals surface area (Å²) in [5.41, 5.74) is 0.549. The molecular weight excluding hydrogens is 331 g/mol. The van der Waals surface area contributed by atoms with Crippen molar-refractivity contribution in [1.82, 2.24) is 9.97 Å². The molecule has 2 heterocycles. The summed E-state index contributed by atoms with van der Waals surface area (Å²) in [6.45, 7) is 0.310. The lowest BCUT2D eigenvalue weighted by Gasteiger charge is -2.23. The van der Waals surface area contributed by atoms with E-state index in [0.29, 0.717) is 30.3 Å². The van der Waals surface area contributed by atoms with E-state index in [2.05, 4.69) is 15.3 Å². The highest BCUT2D eigenvalue weighted by molar-refractivity contribution is 7.91. The molecule has 128 valence electrons. The van der Waals surface area contributed by atoms with Gasteiger partial charge in [-0.25, -0.2) is 17.8 Å². The topological polar surface area (TPSA) is 75.2 Å². The standard InChI is InChI=1S/C16H19FN4O2S/c1-21(13-7-9-24(22,23)11-13)16-18-8-6-15(20-16)19-10-12-4-2-3-5-14(12)17/h2-6,8,13H,7,9-11H2,1H3,(H,18,19,20). The third-order valence-corrected chi connectivity index (χ3v) is 5.88. The van der Waals surface area contributed by atoms with Crippen molar-refractivity contribution in [1.29, 1.82) is 0 Å². The molecule has 1 aromatic carbocycles. The van der Waals surface area contributed by atoms with Gasteiger partial charge in [-0.05, 0) is 18.6 Å². The molecule has 8 heteroatoms. The van der Waals surface area contributed by atoms with Gasteiger partial charge in [-0.1, -0.05) is 18.2 Å². The Morgan fingerprint density at radius 1 is 1.33 bits per heavy atom. The molecule has 1 aliphatic heterocycles. The first-order chi connectivity index (χ1) is 11.4. The molecule has 1 aromatic heterocycles. The van der Waals surface area contributed by atoms with Gasteiger partial charge in [0.2, 0.25) is 5.95 Å². The van der Waals surface area contributed by atoms with Crippen LogP contribution in [0.1, 0.15) is 12.0 Å². The van der Waals surface area contributed by atoms with Gasteiger partial charge in [0.25, 0.3) is 0 Å². The fourth-order valence-corrected chi connectivity index (χ4v) is 4.46. The van der Waals surface area contributed by atoms with Crippen LogP contribution in [0.4, 0.5) is 16.2 Å². The number of rotatable bonds is 5. The second-order valence-corrected chi connectivity index (χ2v) is 8.08. The molecule has 0 amide bonds. The van der Waals surface area contributed by atoms with Crippen LogP contribution in [0.5, 0.6) is 0 Å². The molecule has 0 aliphatic carbocycles. The smallest absolute Gasteiger partial charge is 0.227 e. The summed E-state index contributed by atoms with van der Waals surface area (Å²) in [6.07, 6.45) is 2.18. The Morgan fingerprint density at radius 2 is 2.12 bits per heavy atom. The summed E-state index contributed by atoms with van der Waals surface area (Å²) in [5, 5.41) is 3.07. The van der Waals surface area contributed by atoms with E-state index in [1.165, 1.54) is 6.07 Å². The van der Waals surface area contributed by atoms with Crippen molar-refractivity contribution in [3.05, 3.63) is 47.9 Å². The number of nitrogens with zero attached hydrogens (tertiary/aromatic N) is 3. The maximum Gasteiger partial charge on any atom is 0.227 e. The van der Waals surface area contributed by atoms with Gasteiger partial charge in [-0.2, -0.15) is 4.98 Å². The third-order valence-electron chi connectivity index (χ3n) is 4.13. The van der Waals surface area contributed by atoms with Crippen molar-refractivity contribution in [2.24, 2.45) is 0 Å². The summed E-state index contributed by atoms with van der Waals surface area (Å²) in [4.78, 5) is 10.4. The summed E-state index contributed by atoms with van der Waals surface area (Å²) in [6, 6.07) is 8.13. The van der Waals surface area contributed by atoms with Crippen molar-refractivity contribution in [3.63, 3.8) is 0 Å². The second kappa shape index (κ2) is 6.72. The molecule has 1 unspecified atom stereocenters. The minimum atomic E-state index is -2.96. The Labute approximate surface area is 140 Å². The number of hydrogen-bond acceptors (Lipinski definition) is 6. The van der Waals surface area contributed by atoms with Gasteiger partial charge in [0.15, 0.2) is 9.84 Å². The van der Waals surface area contributed by atoms with E-state index in [4.69, 9.17) is 0 Å². The highest BCUT2D eigenvalue weighted by Gasteiger charge is 2.31. The van der Waals surface area contributed by atoms with Gasteiger partial charge < -0.3 is 10.2 Å². The number of halogens is 1. The van der Waals surface area contributed by atoms with Crippen LogP contribution in [0, 0.1) is 5.82 Å². The lowest BCUT2D eigenvalue weighted by Crippen LogP contribution is -2.33. The van der Waals surface area contributed by atoms with Crippen LogP contribution in [0.2, 0.25) is 0 Å². The van der Waals surface area contributed by atoms with Crippen LogP contribution in [0.25, 0.3) is 0 Å². The van der Waals surface area contributed by atoms with Crippen molar-refractivity contribution in [2.75, 3.05) is 28.8 Å². The summed E-state index contributed by atoms with van der Waals surface area (Å²) in [5.74, 6) is 1.08. The zero-order chi connectivity index (χ0) is 17.2. The van der Waals surface area contributed by atoms with E-state index in [-0.39, 0.29) is 23.4 Å². The fourth-order valence-electron chi connectivity index (χ4n) is 2.69. The monoisotopic (exact) mass is 350 g/mol. The number of sulfone groups is 1. The van der Waals surface area contributed by atoms with E-state index in [9.17, 15) is 12.8 Å². The van der Waals surface area contributed by atoms with Crippen LogP contribution in [0.15, 0.2) is 36.5 Å². The Morgan fingerprint density at radius 3 is 2.83 bits per heavy atom. The average Bonchev–Trinajstić information content (AvgIpc) is 2.94. The molecule has 1 fully saturated rings. The van der Waals surface area contributed by atoms with Crippen molar-refractivity contribution in [2.45, 2.75) is 19.0 Å². The fraction of sp³-hybridized carbons (Fsp3) is 0.375. The van der Waals surface area contributed by atoms with Crippen LogP contribution in [-0.2, 0) is 16.4 Å². The normalized spacial score (nSPS) is 19.2.